The minimum absolute atomic E-state index is 0.209. The summed E-state index contributed by atoms with van der Waals surface area (Å²) in [6.07, 6.45) is 4.60. The van der Waals surface area contributed by atoms with Crippen LogP contribution in [0.4, 0.5) is 10.5 Å². The molecule has 0 aliphatic heterocycles. The fourth-order valence-corrected chi connectivity index (χ4v) is 2.13. The van der Waals surface area contributed by atoms with E-state index in [0.29, 0.717) is 22.3 Å². The molecular weight excluding hydrogens is 273 g/mol. The van der Waals surface area contributed by atoms with E-state index < -0.39 is 0 Å². The molecular formula is C12H11Cl2N3O. The van der Waals surface area contributed by atoms with Crippen molar-refractivity contribution in [1.29, 1.82) is 0 Å². The Kier molecular flexibility index (Phi) is 3.89. The van der Waals surface area contributed by atoms with Crippen molar-refractivity contribution < 1.29 is 4.79 Å². The molecule has 6 heteroatoms. The summed E-state index contributed by atoms with van der Waals surface area (Å²) in [5, 5.41) is 0.979. The van der Waals surface area contributed by atoms with Crippen molar-refractivity contribution in [2.24, 2.45) is 0 Å². The normalized spacial score (nSPS) is 10.4. The van der Waals surface area contributed by atoms with Crippen molar-refractivity contribution in [1.82, 2.24) is 9.55 Å². The number of carbonyl (C=O) groups excluding carboxylic acids is 1. The van der Waals surface area contributed by atoms with E-state index in [4.69, 9.17) is 23.2 Å². The highest BCUT2D eigenvalue weighted by molar-refractivity contribution is 6.36. The smallest absolute Gasteiger partial charge is 0.292 e. The average molecular weight is 284 g/mol. The summed E-state index contributed by atoms with van der Waals surface area (Å²) in [5.74, 6) is 0. The van der Waals surface area contributed by atoms with Gasteiger partial charge in [-0.2, -0.15) is 0 Å². The number of hydrogen-bond acceptors (Lipinski definition) is 2. The highest BCUT2D eigenvalue weighted by Crippen LogP contribution is 2.29. The third-order valence-electron chi connectivity index (χ3n) is 2.47. The van der Waals surface area contributed by atoms with Gasteiger partial charge in [-0.05, 0) is 25.1 Å². The van der Waals surface area contributed by atoms with Gasteiger partial charge in [0, 0.05) is 24.0 Å². The first-order chi connectivity index (χ1) is 8.63. The van der Waals surface area contributed by atoms with Gasteiger partial charge in [-0.3, -0.25) is 9.47 Å². The van der Waals surface area contributed by atoms with Crippen LogP contribution in [0.25, 0.3) is 0 Å². The Hall–Kier alpha value is -1.52. The van der Waals surface area contributed by atoms with E-state index in [1.165, 1.54) is 10.9 Å². The van der Waals surface area contributed by atoms with E-state index in [2.05, 4.69) is 4.98 Å². The highest BCUT2D eigenvalue weighted by Gasteiger charge is 2.17. The maximum absolute atomic E-state index is 12.2. The largest absolute Gasteiger partial charge is 0.333 e. The first kappa shape index (κ1) is 12.9. The summed E-state index contributed by atoms with van der Waals surface area (Å²) in [6, 6.07) is 4.83. The molecule has 0 aliphatic carbocycles. The zero-order valence-electron chi connectivity index (χ0n) is 9.68. The predicted molar refractivity (Wildman–Crippen MR) is 72.5 cm³/mol. The number of imidazole rings is 1. The maximum Gasteiger partial charge on any atom is 0.333 e. The lowest BCUT2D eigenvalue weighted by Crippen LogP contribution is -2.34. The molecule has 2 rings (SSSR count). The third kappa shape index (κ3) is 2.49. The lowest BCUT2D eigenvalue weighted by molar-refractivity contribution is 0.248. The van der Waals surface area contributed by atoms with Crippen LogP contribution in [-0.4, -0.2) is 22.1 Å². The number of anilines is 1. The summed E-state index contributed by atoms with van der Waals surface area (Å²) in [5.41, 5.74) is 0.627. The van der Waals surface area contributed by atoms with Crippen molar-refractivity contribution in [3.05, 3.63) is 47.0 Å². The van der Waals surface area contributed by atoms with Gasteiger partial charge in [0.25, 0.3) is 0 Å². The molecule has 0 N–H and O–H groups in total. The molecule has 0 saturated heterocycles. The second-order valence-electron chi connectivity index (χ2n) is 3.59. The molecule has 1 aromatic carbocycles. The zero-order valence-corrected chi connectivity index (χ0v) is 11.2. The minimum atomic E-state index is -0.209. The number of amides is 1. The van der Waals surface area contributed by atoms with Gasteiger partial charge in [0.05, 0.1) is 10.7 Å². The second-order valence-corrected chi connectivity index (χ2v) is 4.44. The second kappa shape index (κ2) is 5.42. The fraction of sp³-hybridized carbons (Fsp3) is 0.167. The van der Waals surface area contributed by atoms with Crippen molar-refractivity contribution in [2.45, 2.75) is 6.92 Å². The molecule has 4 nitrogen and oxygen atoms in total. The Bertz CT molecular complexity index is 554. The monoisotopic (exact) mass is 283 g/mol. The number of halogens is 2. The number of benzene rings is 1. The first-order valence-corrected chi connectivity index (χ1v) is 6.14. The minimum Gasteiger partial charge on any atom is -0.292 e. The average Bonchev–Trinajstić information content (AvgIpc) is 2.86. The molecule has 0 fully saturated rings. The van der Waals surface area contributed by atoms with Crippen molar-refractivity contribution in [2.75, 3.05) is 11.4 Å². The molecule has 0 saturated carbocycles. The van der Waals surface area contributed by atoms with E-state index in [-0.39, 0.29) is 6.03 Å². The van der Waals surface area contributed by atoms with Crippen molar-refractivity contribution >= 4 is 34.9 Å². The number of hydrogen-bond donors (Lipinski definition) is 0. The lowest BCUT2D eigenvalue weighted by atomic mass is 10.3. The van der Waals surface area contributed by atoms with E-state index in [9.17, 15) is 4.79 Å². The summed E-state index contributed by atoms with van der Waals surface area (Å²) in [6.45, 7) is 2.37. The highest BCUT2D eigenvalue weighted by atomic mass is 35.5. The summed E-state index contributed by atoms with van der Waals surface area (Å²) in [7, 11) is 0. The SMILES string of the molecule is CCN(C(=O)n1ccnc1)c1ccc(Cl)cc1Cl. The van der Waals surface area contributed by atoms with Gasteiger partial charge in [0.15, 0.2) is 0 Å². The molecule has 1 aromatic heterocycles. The van der Waals surface area contributed by atoms with Crippen LogP contribution >= 0.6 is 23.2 Å². The Morgan fingerprint density at radius 1 is 1.44 bits per heavy atom. The lowest BCUT2D eigenvalue weighted by Gasteiger charge is -2.22. The molecule has 0 radical (unpaired) electrons. The Balaban J connectivity index is 2.36. The van der Waals surface area contributed by atoms with Gasteiger partial charge in [-0.1, -0.05) is 23.2 Å². The van der Waals surface area contributed by atoms with Crippen LogP contribution in [0.1, 0.15) is 6.92 Å². The van der Waals surface area contributed by atoms with E-state index in [1.54, 1.807) is 35.5 Å². The molecule has 0 aliphatic rings. The van der Waals surface area contributed by atoms with Crippen LogP contribution in [0, 0.1) is 0 Å². The van der Waals surface area contributed by atoms with Gasteiger partial charge < -0.3 is 0 Å². The maximum atomic E-state index is 12.2. The van der Waals surface area contributed by atoms with Crippen molar-refractivity contribution in [3.63, 3.8) is 0 Å². The molecule has 1 amide bonds. The number of nitrogens with zero attached hydrogens (tertiary/aromatic N) is 3. The van der Waals surface area contributed by atoms with Crippen LogP contribution in [-0.2, 0) is 0 Å². The molecule has 1 heterocycles. The molecule has 0 bridgehead atoms. The molecule has 94 valence electrons. The standard InChI is InChI=1S/C12H11Cl2N3O/c1-2-17(12(18)16-6-5-15-8-16)11-4-3-9(13)7-10(11)14/h3-8H,2H2,1H3. The summed E-state index contributed by atoms with van der Waals surface area (Å²) >= 11 is 11.9. The third-order valence-corrected chi connectivity index (χ3v) is 3.01. The van der Waals surface area contributed by atoms with Gasteiger partial charge in [-0.15, -0.1) is 0 Å². The molecule has 18 heavy (non-hydrogen) atoms. The Morgan fingerprint density at radius 3 is 2.78 bits per heavy atom. The van der Waals surface area contributed by atoms with Gasteiger partial charge in [0.2, 0.25) is 0 Å². The number of rotatable bonds is 2. The van der Waals surface area contributed by atoms with E-state index in [1.807, 2.05) is 6.92 Å². The molecule has 0 atom stereocenters. The number of aromatic nitrogens is 2. The van der Waals surface area contributed by atoms with Gasteiger partial charge in [-0.25, -0.2) is 9.78 Å². The Morgan fingerprint density at radius 2 is 2.22 bits per heavy atom. The fourth-order valence-electron chi connectivity index (χ4n) is 1.62. The quantitative estimate of drug-likeness (QED) is 0.843. The van der Waals surface area contributed by atoms with Gasteiger partial charge in [0.1, 0.15) is 6.33 Å². The first-order valence-electron chi connectivity index (χ1n) is 5.38. The summed E-state index contributed by atoms with van der Waals surface area (Å²) < 4.78 is 1.40. The molecule has 0 spiro atoms. The van der Waals surface area contributed by atoms with Crippen LogP contribution in [0.2, 0.25) is 10.0 Å². The zero-order chi connectivity index (χ0) is 13.1. The topological polar surface area (TPSA) is 38.1 Å². The van der Waals surface area contributed by atoms with Crippen LogP contribution in [0.3, 0.4) is 0 Å². The van der Waals surface area contributed by atoms with Crippen LogP contribution < -0.4 is 4.90 Å². The summed E-state index contributed by atoms with van der Waals surface area (Å²) in [4.78, 5) is 17.6. The molecule has 0 unspecified atom stereocenters. The van der Waals surface area contributed by atoms with E-state index in [0.717, 1.165) is 0 Å². The van der Waals surface area contributed by atoms with Crippen molar-refractivity contribution in [3.8, 4) is 0 Å². The van der Waals surface area contributed by atoms with Crippen LogP contribution in [0.15, 0.2) is 36.9 Å². The van der Waals surface area contributed by atoms with Gasteiger partial charge >= 0.3 is 6.03 Å². The van der Waals surface area contributed by atoms with E-state index >= 15 is 0 Å². The Labute approximate surface area is 115 Å². The predicted octanol–water partition coefficient (Wildman–Crippen LogP) is 3.68. The molecule has 2 aromatic rings. The van der Waals surface area contributed by atoms with Crippen LogP contribution in [0.5, 0.6) is 0 Å². The number of carbonyl (C=O) groups is 1.